The van der Waals surface area contributed by atoms with Crippen LogP contribution in [0.1, 0.15) is 40.0 Å². The molecule has 13 heavy (non-hydrogen) atoms. The van der Waals surface area contributed by atoms with E-state index in [2.05, 4.69) is 5.32 Å². The van der Waals surface area contributed by atoms with Crippen LogP contribution in [0, 0.1) is 5.92 Å². The molecule has 0 saturated heterocycles. The Bertz CT molecular complexity index is 192. The lowest BCUT2D eigenvalue weighted by molar-refractivity contribution is -0.125. The minimum absolute atomic E-state index is 0.0550. The van der Waals surface area contributed by atoms with E-state index in [0.29, 0.717) is 0 Å². The van der Waals surface area contributed by atoms with Gasteiger partial charge in [0.05, 0.1) is 5.54 Å². The third-order valence-corrected chi connectivity index (χ3v) is 2.35. The third kappa shape index (κ3) is 3.77. The summed E-state index contributed by atoms with van der Waals surface area (Å²) in [6.45, 7) is 5.50. The fourth-order valence-corrected chi connectivity index (χ4v) is 1.32. The van der Waals surface area contributed by atoms with Gasteiger partial charge in [-0.1, -0.05) is 12.8 Å². The molecule has 76 valence electrons. The summed E-state index contributed by atoms with van der Waals surface area (Å²) in [6.07, 6.45) is 3.75. The van der Waals surface area contributed by atoms with Crippen molar-refractivity contribution in [3.05, 3.63) is 0 Å². The zero-order chi connectivity index (χ0) is 10.1. The summed E-state index contributed by atoms with van der Waals surface area (Å²) in [4.78, 5) is 11.4. The van der Waals surface area contributed by atoms with E-state index in [4.69, 9.17) is 5.73 Å². The summed E-state index contributed by atoms with van der Waals surface area (Å²) in [6, 6.07) is 0.267. The normalized spacial score (nSPS) is 19.7. The molecule has 0 aromatic rings. The van der Waals surface area contributed by atoms with Crippen molar-refractivity contribution in [2.75, 3.05) is 0 Å². The van der Waals surface area contributed by atoms with E-state index < -0.39 is 5.54 Å². The molecule has 1 amide bonds. The Morgan fingerprint density at radius 1 is 1.62 bits per heavy atom. The molecule has 3 N–H and O–H groups in total. The molecule has 0 aliphatic heterocycles. The SMILES string of the molecule is CC(CC1CC1)NC(=O)C(C)(C)N. The van der Waals surface area contributed by atoms with Gasteiger partial charge in [0.25, 0.3) is 0 Å². The Morgan fingerprint density at radius 3 is 2.54 bits per heavy atom. The number of nitrogens with one attached hydrogen (secondary N) is 1. The highest BCUT2D eigenvalue weighted by Gasteiger charge is 2.27. The predicted octanol–water partition coefficient (Wildman–Crippen LogP) is 1.03. The molecular weight excluding hydrogens is 164 g/mol. The highest BCUT2D eigenvalue weighted by Crippen LogP contribution is 2.33. The molecule has 1 fully saturated rings. The van der Waals surface area contributed by atoms with E-state index in [1.165, 1.54) is 12.8 Å². The van der Waals surface area contributed by atoms with E-state index in [-0.39, 0.29) is 11.9 Å². The summed E-state index contributed by atoms with van der Waals surface area (Å²) >= 11 is 0. The van der Waals surface area contributed by atoms with Gasteiger partial charge >= 0.3 is 0 Å². The number of carbonyl (C=O) groups is 1. The summed E-state index contributed by atoms with van der Waals surface area (Å²) in [7, 11) is 0. The molecule has 0 aromatic heterocycles. The number of carbonyl (C=O) groups excluding carboxylic acids is 1. The van der Waals surface area contributed by atoms with Crippen molar-refractivity contribution < 1.29 is 4.79 Å². The second-order valence-corrected chi connectivity index (χ2v) is 4.78. The highest BCUT2D eigenvalue weighted by atomic mass is 16.2. The van der Waals surface area contributed by atoms with Crippen molar-refractivity contribution in [2.45, 2.75) is 51.6 Å². The minimum Gasteiger partial charge on any atom is -0.352 e. The minimum atomic E-state index is -0.752. The first-order chi connectivity index (χ1) is 5.89. The van der Waals surface area contributed by atoms with Gasteiger partial charge in [-0.3, -0.25) is 4.79 Å². The van der Waals surface area contributed by atoms with Crippen LogP contribution in [0.3, 0.4) is 0 Å². The first-order valence-corrected chi connectivity index (χ1v) is 4.99. The second kappa shape index (κ2) is 3.66. The first-order valence-electron chi connectivity index (χ1n) is 4.99. The lowest BCUT2D eigenvalue weighted by Gasteiger charge is -2.21. The molecule has 1 rings (SSSR count). The fourth-order valence-electron chi connectivity index (χ4n) is 1.32. The topological polar surface area (TPSA) is 55.1 Å². The van der Waals surface area contributed by atoms with Crippen LogP contribution in [0.4, 0.5) is 0 Å². The smallest absolute Gasteiger partial charge is 0.239 e. The zero-order valence-electron chi connectivity index (χ0n) is 8.76. The van der Waals surface area contributed by atoms with Crippen LogP contribution in [0.2, 0.25) is 0 Å². The monoisotopic (exact) mass is 184 g/mol. The Hall–Kier alpha value is -0.570. The maximum Gasteiger partial charge on any atom is 0.239 e. The van der Waals surface area contributed by atoms with Crippen molar-refractivity contribution in [1.29, 1.82) is 0 Å². The second-order valence-electron chi connectivity index (χ2n) is 4.78. The maximum atomic E-state index is 11.4. The van der Waals surface area contributed by atoms with Gasteiger partial charge in [-0.05, 0) is 33.1 Å². The van der Waals surface area contributed by atoms with Gasteiger partial charge < -0.3 is 11.1 Å². The summed E-state index contributed by atoms with van der Waals surface area (Å²) in [5.74, 6) is 0.789. The summed E-state index contributed by atoms with van der Waals surface area (Å²) in [5.41, 5.74) is 4.91. The summed E-state index contributed by atoms with van der Waals surface area (Å²) < 4.78 is 0. The van der Waals surface area contributed by atoms with Crippen LogP contribution in [-0.2, 0) is 4.79 Å². The van der Waals surface area contributed by atoms with Crippen molar-refractivity contribution in [3.63, 3.8) is 0 Å². The fraction of sp³-hybridized carbons (Fsp3) is 0.900. The van der Waals surface area contributed by atoms with Crippen LogP contribution in [0.15, 0.2) is 0 Å². The summed E-state index contributed by atoms with van der Waals surface area (Å²) in [5, 5.41) is 2.93. The van der Waals surface area contributed by atoms with Crippen LogP contribution < -0.4 is 11.1 Å². The van der Waals surface area contributed by atoms with Crippen LogP contribution in [-0.4, -0.2) is 17.5 Å². The highest BCUT2D eigenvalue weighted by molar-refractivity contribution is 5.85. The molecule has 1 unspecified atom stereocenters. The Kier molecular flexibility index (Phi) is 2.96. The number of hydrogen-bond acceptors (Lipinski definition) is 2. The van der Waals surface area contributed by atoms with Gasteiger partial charge in [0, 0.05) is 6.04 Å². The molecule has 3 nitrogen and oxygen atoms in total. The number of nitrogens with two attached hydrogens (primary N) is 1. The van der Waals surface area contributed by atoms with Crippen LogP contribution >= 0.6 is 0 Å². The molecule has 0 aromatic carbocycles. The van der Waals surface area contributed by atoms with Crippen LogP contribution in [0.25, 0.3) is 0 Å². The van der Waals surface area contributed by atoms with Gasteiger partial charge in [-0.15, -0.1) is 0 Å². The number of amides is 1. The van der Waals surface area contributed by atoms with E-state index in [1.807, 2.05) is 6.92 Å². The Labute approximate surface area is 80.1 Å². The number of hydrogen-bond donors (Lipinski definition) is 2. The lowest BCUT2D eigenvalue weighted by Crippen LogP contribution is -2.51. The average Bonchev–Trinajstić information content (AvgIpc) is 2.68. The number of rotatable bonds is 4. The molecule has 0 radical (unpaired) electrons. The van der Waals surface area contributed by atoms with E-state index in [9.17, 15) is 4.79 Å². The Balaban J connectivity index is 2.25. The molecule has 1 atom stereocenters. The van der Waals surface area contributed by atoms with E-state index in [0.717, 1.165) is 12.3 Å². The van der Waals surface area contributed by atoms with Crippen molar-refractivity contribution in [2.24, 2.45) is 11.7 Å². The first kappa shape index (κ1) is 10.5. The Morgan fingerprint density at radius 2 is 2.15 bits per heavy atom. The van der Waals surface area contributed by atoms with Gasteiger partial charge in [-0.2, -0.15) is 0 Å². The van der Waals surface area contributed by atoms with E-state index >= 15 is 0 Å². The zero-order valence-corrected chi connectivity index (χ0v) is 8.76. The van der Waals surface area contributed by atoms with Crippen LogP contribution in [0.5, 0.6) is 0 Å². The molecule has 1 saturated carbocycles. The van der Waals surface area contributed by atoms with Gasteiger partial charge in [0.2, 0.25) is 5.91 Å². The standard InChI is InChI=1S/C10H20N2O/c1-7(6-8-4-5-8)12-9(13)10(2,3)11/h7-8H,4-6,11H2,1-3H3,(H,12,13). The van der Waals surface area contributed by atoms with Crippen molar-refractivity contribution >= 4 is 5.91 Å². The van der Waals surface area contributed by atoms with Gasteiger partial charge in [0.1, 0.15) is 0 Å². The molecule has 0 bridgehead atoms. The molecular formula is C10H20N2O. The molecule has 3 heteroatoms. The predicted molar refractivity (Wildman–Crippen MR) is 53.2 cm³/mol. The van der Waals surface area contributed by atoms with Gasteiger partial charge in [-0.25, -0.2) is 0 Å². The molecule has 0 spiro atoms. The molecule has 1 aliphatic rings. The third-order valence-electron chi connectivity index (χ3n) is 2.35. The van der Waals surface area contributed by atoms with Crippen molar-refractivity contribution in [3.8, 4) is 0 Å². The average molecular weight is 184 g/mol. The van der Waals surface area contributed by atoms with Crippen molar-refractivity contribution in [1.82, 2.24) is 5.32 Å². The molecule has 1 aliphatic carbocycles. The quantitative estimate of drug-likeness (QED) is 0.685. The maximum absolute atomic E-state index is 11.4. The largest absolute Gasteiger partial charge is 0.352 e. The lowest BCUT2D eigenvalue weighted by atomic mass is 10.0. The van der Waals surface area contributed by atoms with E-state index in [1.54, 1.807) is 13.8 Å². The molecule has 0 heterocycles. The van der Waals surface area contributed by atoms with Gasteiger partial charge in [0.15, 0.2) is 0 Å².